The molecule has 14 heavy (non-hydrogen) atoms. The molecule has 0 fully saturated rings. The Hall–Kier alpha value is -0.900. The van der Waals surface area contributed by atoms with E-state index in [1.807, 2.05) is 0 Å². The van der Waals surface area contributed by atoms with E-state index in [0.29, 0.717) is 6.42 Å². The molecule has 5 heteroatoms. The highest BCUT2D eigenvalue weighted by Crippen LogP contribution is 2.30. The molecule has 0 aliphatic carbocycles. The lowest BCUT2D eigenvalue weighted by atomic mass is 10.2. The lowest BCUT2D eigenvalue weighted by molar-refractivity contribution is -0.274. The smallest absolute Gasteiger partial charge is 0.404 e. The van der Waals surface area contributed by atoms with Gasteiger partial charge in [0.05, 0.1) is 5.02 Å². The fraction of sp³-hybridized carbons (Fsp3) is 0.222. The van der Waals surface area contributed by atoms with Crippen LogP contribution in [0.1, 0.15) is 5.56 Å². The standard InChI is InChI=1S/C9H7ClF3O/c1-2-6-3-4-8(7(10)5-6)14-9(11,12)13/h3-5H,1-2H2. The number of rotatable bonds is 2. The third-order valence-electron chi connectivity index (χ3n) is 1.51. The van der Waals surface area contributed by atoms with E-state index in [1.165, 1.54) is 18.2 Å². The molecule has 0 saturated carbocycles. The first kappa shape index (κ1) is 11.2. The zero-order valence-corrected chi connectivity index (χ0v) is 7.82. The molecular weight excluding hydrogens is 217 g/mol. The molecule has 0 unspecified atom stereocenters. The lowest BCUT2D eigenvalue weighted by Crippen LogP contribution is -2.17. The average Bonchev–Trinajstić information content (AvgIpc) is 2.06. The van der Waals surface area contributed by atoms with Gasteiger partial charge in [0.2, 0.25) is 0 Å². The minimum atomic E-state index is -4.71. The van der Waals surface area contributed by atoms with E-state index in [4.69, 9.17) is 11.6 Å². The van der Waals surface area contributed by atoms with Crippen LogP contribution in [0.2, 0.25) is 5.02 Å². The van der Waals surface area contributed by atoms with E-state index in [0.717, 1.165) is 5.56 Å². The van der Waals surface area contributed by atoms with E-state index in [9.17, 15) is 13.2 Å². The van der Waals surface area contributed by atoms with Gasteiger partial charge in [0.25, 0.3) is 0 Å². The zero-order valence-electron chi connectivity index (χ0n) is 7.07. The summed E-state index contributed by atoms with van der Waals surface area (Å²) in [5.41, 5.74) is 0.754. The molecule has 0 N–H and O–H groups in total. The number of hydrogen-bond donors (Lipinski definition) is 0. The van der Waals surface area contributed by atoms with Crippen molar-refractivity contribution in [1.29, 1.82) is 0 Å². The van der Waals surface area contributed by atoms with Crippen LogP contribution in [0.5, 0.6) is 5.75 Å². The molecule has 0 spiro atoms. The van der Waals surface area contributed by atoms with Gasteiger partial charge in [0.15, 0.2) is 0 Å². The highest BCUT2D eigenvalue weighted by molar-refractivity contribution is 6.32. The topological polar surface area (TPSA) is 9.23 Å². The number of ether oxygens (including phenoxy) is 1. The van der Waals surface area contributed by atoms with Gasteiger partial charge in [-0.2, -0.15) is 0 Å². The number of alkyl halides is 3. The quantitative estimate of drug-likeness (QED) is 0.744. The van der Waals surface area contributed by atoms with Gasteiger partial charge < -0.3 is 4.74 Å². The Morgan fingerprint density at radius 2 is 2.00 bits per heavy atom. The maximum atomic E-state index is 11.8. The summed E-state index contributed by atoms with van der Waals surface area (Å²) in [6.45, 7) is 3.58. The normalized spacial score (nSPS) is 11.5. The van der Waals surface area contributed by atoms with Gasteiger partial charge in [0, 0.05) is 0 Å². The van der Waals surface area contributed by atoms with Crippen molar-refractivity contribution in [1.82, 2.24) is 0 Å². The Morgan fingerprint density at radius 3 is 2.43 bits per heavy atom. The first-order valence-electron chi connectivity index (χ1n) is 3.76. The van der Waals surface area contributed by atoms with Crippen molar-refractivity contribution in [3.8, 4) is 5.75 Å². The maximum Gasteiger partial charge on any atom is 0.573 e. The van der Waals surface area contributed by atoms with Crippen LogP contribution in [0.4, 0.5) is 13.2 Å². The SMILES string of the molecule is [CH2]Cc1ccc(OC(F)(F)F)c(Cl)c1. The molecule has 1 aromatic rings. The molecule has 0 aliphatic heterocycles. The molecule has 1 radical (unpaired) electrons. The molecule has 0 amide bonds. The highest BCUT2D eigenvalue weighted by Gasteiger charge is 2.31. The van der Waals surface area contributed by atoms with Crippen LogP contribution in [-0.4, -0.2) is 6.36 Å². The average molecular weight is 224 g/mol. The third kappa shape index (κ3) is 3.10. The monoisotopic (exact) mass is 223 g/mol. The summed E-state index contributed by atoms with van der Waals surface area (Å²) in [5.74, 6) is -0.392. The van der Waals surface area contributed by atoms with Crippen LogP contribution in [0.15, 0.2) is 18.2 Å². The summed E-state index contributed by atoms with van der Waals surface area (Å²) >= 11 is 5.56. The van der Waals surface area contributed by atoms with Gasteiger partial charge in [0.1, 0.15) is 5.75 Å². The molecular formula is C9H7ClF3O. The molecule has 1 aromatic carbocycles. The molecule has 0 aromatic heterocycles. The minimum Gasteiger partial charge on any atom is -0.404 e. The molecule has 0 bridgehead atoms. The number of hydrogen-bond acceptors (Lipinski definition) is 1. The molecule has 77 valence electrons. The summed E-state index contributed by atoms with van der Waals surface area (Å²) in [4.78, 5) is 0. The summed E-state index contributed by atoms with van der Waals surface area (Å²) in [6, 6.07) is 4.06. The predicted molar refractivity (Wildman–Crippen MR) is 47.2 cm³/mol. The summed E-state index contributed by atoms with van der Waals surface area (Å²) < 4.78 is 39.1. The van der Waals surface area contributed by atoms with Crippen molar-refractivity contribution in [2.75, 3.05) is 0 Å². The second-order valence-electron chi connectivity index (χ2n) is 2.56. The van der Waals surface area contributed by atoms with Crippen LogP contribution in [-0.2, 0) is 6.42 Å². The summed E-state index contributed by atoms with van der Waals surface area (Å²) in [6.07, 6.45) is -4.25. The number of halogens is 4. The molecule has 1 nitrogen and oxygen atoms in total. The minimum absolute atomic E-state index is 0.0662. The van der Waals surface area contributed by atoms with Gasteiger partial charge in [-0.15, -0.1) is 13.2 Å². The Morgan fingerprint density at radius 1 is 1.36 bits per heavy atom. The second kappa shape index (κ2) is 4.09. The van der Waals surface area contributed by atoms with Crippen LogP contribution in [0, 0.1) is 6.92 Å². The van der Waals surface area contributed by atoms with E-state index in [2.05, 4.69) is 11.7 Å². The Bertz CT molecular complexity index is 322. The molecule has 0 heterocycles. The van der Waals surface area contributed by atoms with Crippen molar-refractivity contribution in [2.24, 2.45) is 0 Å². The van der Waals surface area contributed by atoms with Gasteiger partial charge in [-0.25, -0.2) is 0 Å². The van der Waals surface area contributed by atoms with Crippen molar-refractivity contribution in [3.63, 3.8) is 0 Å². The molecule has 0 aliphatic rings. The first-order chi connectivity index (χ1) is 6.42. The second-order valence-corrected chi connectivity index (χ2v) is 2.97. The van der Waals surface area contributed by atoms with E-state index < -0.39 is 12.1 Å². The fourth-order valence-electron chi connectivity index (χ4n) is 0.907. The highest BCUT2D eigenvalue weighted by atomic mass is 35.5. The van der Waals surface area contributed by atoms with Crippen molar-refractivity contribution in [2.45, 2.75) is 12.8 Å². The Kier molecular flexibility index (Phi) is 3.26. The number of benzene rings is 1. The van der Waals surface area contributed by atoms with Crippen molar-refractivity contribution in [3.05, 3.63) is 35.7 Å². The van der Waals surface area contributed by atoms with E-state index in [1.54, 1.807) is 0 Å². The zero-order chi connectivity index (χ0) is 10.8. The van der Waals surface area contributed by atoms with Crippen molar-refractivity contribution < 1.29 is 17.9 Å². The van der Waals surface area contributed by atoms with Crippen LogP contribution in [0.3, 0.4) is 0 Å². The molecule has 0 atom stereocenters. The van der Waals surface area contributed by atoms with Crippen LogP contribution >= 0.6 is 11.6 Å². The van der Waals surface area contributed by atoms with Gasteiger partial charge in [-0.1, -0.05) is 17.7 Å². The Labute approximate surface area is 84.4 Å². The molecule has 0 saturated heterocycles. The van der Waals surface area contributed by atoms with Gasteiger partial charge >= 0.3 is 6.36 Å². The summed E-state index contributed by atoms with van der Waals surface area (Å²) in [5, 5.41) is -0.0662. The van der Waals surface area contributed by atoms with Gasteiger partial charge in [-0.3, -0.25) is 0 Å². The largest absolute Gasteiger partial charge is 0.573 e. The van der Waals surface area contributed by atoms with E-state index in [-0.39, 0.29) is 5.02 Å². The van der Waals surface area contributed by atoms with Gasteiger partial charge in [-0.05, 0) is 31.0 Å². The van der Waals surface area contributed by atoms with E-state index >= 15 is 0 Å². The van der Waals surface area contributed by atoms with Crippen LogP contribution < -0.4 is 4.74 Å². The maximum absolute atomic E-state index is 11.8. The fourth-order valence-corrected chi connectivity index (χ4v) is 1.15. The molecule has 1 rings (SSSR count). The Balaban J connectivity index is 2.89. The predicted octanol–water partition coefficient (Wildman–Crippen LogP) is 3.62. The first-order valence-corrected chi connectivity index (χ1v) is 4.13. The summed E-state index contributed by atoms with van der Waals surface area (Å²) in [7, 11) is 0. The van der Waals surface area contributed by atoms with Crippen LogP contribution in [0.25, 0.3) is 0 Å². The van der Waals surface area contributed by atoms with Crippen molar-refractivity contribution >= 4 is 11.6 Å². The third-order valence-corrected chi connectivity index (χ3v) is 1.81. The lowest BCUT2D eigenvalue weighted by Gasteiger charge is -2.10.